The molecule has 1 amide bonds. The number of aliphatic carboxylic acids is 2. The highest BCUT2D eigenvalue weighted by atomic mass is 32.2. The summed E-state index contributed by atoms with van der Waals surface area (Å²) in [7, 11) is -3.75. The summed E-state index contributed by atoms with van der Waals surface area (Å²) >= 11 is 0. The van der Waals surface area contributed by atoms with Gasteiger partial charge in [-0.25, -0.2) is 22.6 Å². The van der Waals surface area contributed by atoms with Crippen molar-refractivity contribution in [1.82, 2.24) is 9.88 Å². The highest BCUT2D eigenvalue weighted by molar-refractivity contribution is 7.91. The summed E-state index contributed by atoms with van der Waals surface area (Å²) in [5, 5.41) is 22.0. The lowest BCUT2D eigenvalue weighted by Crippen LogP contribution is -2.39. The van der Waals surface area contributed by atoms with Crippen LogP contribution in [-0.4, -0.2) is 71.4 Å². The fourth-order valence-corrected chi connectivity index (χ4v) is 6.87. The second kappa shape index (κ2) is 15.6. The lowest BCUT2D eigenvalue weighted by molar-refractivity contribution is -0.192. The summed E-state index contributed by atoms with van der Waals surface area (Å²) in [4.78, 5) is 41.4. The van der Waals surface area contributed by atoms with Crippen LogP contribution in [-0.2, 0) is 24.2 Å². The predicted octanol–water partition coefficient (Wildman–Crippen LogP) is 5.61. The van der Waals surface area contributed by atoms with E-state index >= 15 is 0 Å². The number of aromatic nitrogens is 1. The van der Waals surface area contributed by atoms with Gasteiger partial charge >= 0.3 is 18.1 Å². The van der Waals surface area contributed by atoms with E-state index in [1.807, 2.05) is 0 Å². The van der Waals surface area contributed by atoms with Crippen LogP contribution in [0, 0.1) is 11.7 Å². The summed E-state index contributed by atoms with van der Waals surface area (Å²) in [6, 6.07) is 15.2. The van der Waals surface area contributed by atoms with Crippen LogP contribution in [0.4, 0.5) is 29.1 Å². The van der Waals surface area contributed by atoms with Crippen molar-refractivity contribution in [3.8, 4) is 5.75 Å². The lowest BCUT2D eigenvalue weighted by atomic mass is 9.93. The third-order valence-corrected chi connectivity index (χ3v) is 9.94. The van der Waals surface area contributed by atoms with E-state index in [-0.39, 0.29) is 41.5 Å². The Morgan fingerprint density at radius 1 is 1.06 bits per heavy atom. The number of carboxylic acids is 2. The molecule has 12 nitrogen and oxygen atoms in total. The maximum absolute atomic E-state index is 14.6. The van der Waals surface area contributed by atoms with E-state index in [2.05, 4.69) is 10.3 Å². The van der Waals surface area contributed by atoms with Gasteiger partial charge in [0.05, 0.1) is 29.2 Å². The van der Waals surface area contributed by atoms with E-state index in [4.69, 9.17) is 20.4 Å². The van der Waals surface area contributed by atoms with Crippen LogP contribution in [0.1, 0.15) is 43.5 Å². The molecule has 0 bridgehead atoms. The molecular formula is C34H34F4N4O8S. The second-order valence-corrected chi connectivity index (χ2v) is 13.5. The van der Waals surface area contributed by atoms with Crippen LogP contribution in [0.2, 0.25) is 0 Å². The largest absolute Gasteiger partial charge is 0.491 e. The molecule has 0 saturated carbocycles. The van der Waals surface area contributed by atoms with Gasteiger partial charge in [-0.15, -0.1) is 0 Å². The molecule has 272 valence electrons. The molecular weight excluding hydrogens is 700 g/mol. The summed E-state index contributed by atoms with van der Waals surface area (Å²) in [5.41, 5.74) is 7.18. The minimum absolute atomic E-state index is 0.0101. The molecule has 1 fully saturated rings. The number of carboxylic acid groups (broad SMARTS) is 2. The first-order valence-corrected chi connectivity index (χ1v) is 17.1. The third kappa shape index (κ3) is 8.65. The van der Waals surface area contributed by atoms with Crippen LogP contribution in [0.15, 0.2) is 77.8 Å². The number of pyridine rings is 1. The maximum atomic E-state index is 14.6. The summed E-state index contributed by atoms with van der Waals surface area (Å²) < 4.78 is 77.9. The first kappa shape index (κ1) is 38.4. The SMILES string of the molecule is CCOc1cc([C@H](Nc2ccc3c(N)nccc3c2)C(=O)N2CCC(C(=O)O)C2c2ccccc2S(=O)(=O)CC)ccc1F.O=C(O)C(F)(F)F. The van der Waals surface area contributed by atoms with Gasteiger partial charge in [-0.3, -0.25) is 9.59 Å². The third-order valence-electron chi connectivity index (χ3n) is 8.14. The zero-order valence-corrected chi connectivity index (χ0v) is 28.0. The van der Waals surface area contributed by atoms with Gasteiger partial charge in [-0.2, -0.15) is 13.2 Å². The first-order valence-electron chi connectivity index (χ1n) is 15.5. The van der Waals surface area contributed by atoms with Gasteiger partial charge in [0, 0.05) is 23.8 Å². The number of fused-ring (bicyclic) bond motifs is 1. The van der Waals surface area contributed by atoms with Crippen LogP contribution in [0.5, 0.6) is 5.75 Å². The number of likely N-dealkylation sites (tertiary alicyclic amines) is 1. The smallest absolute Gasteiger partial charge is 0.490 e. The lowest BCUT2D eigenvalue weighted by Gasteiger charge is -2.32. The van der Waals surface area contributed by atoms with E-state index in [0.717, 1.165) is 10.8 Å². The van der Waals surface area contributed by atoms with Crippen molar-refractivity contribution in [2.75, 3.05) is 30.0 Å². The Hall–Kier alpha value is -5.45. The van der Waals surface area contributed by atoms with E-state index in [9.17, 15) is 40.7 Å². The Morgan fingerprint density at radius 3 is 2.37 bits per heavy atom. The van der Waals surface area contributed by atoms with Gasteiger partial charge in [0.2, 0.25) is 5.91 Å². The highest BCUT2D eigenvalue weighted by Gasteiger charge is 2.46. The molecule has 4 aromatic rings. The van der Waals surface area contributed by atoms with Crippen molar-refractivity contribution in [3.63, 3.8) is 0 Å². The molecule has 51 heavy (non-hydrogen) atoms. The maximum Gasteiger partial charge on any atom is 0.490 e. The van der Waals surface area contributed by atoms with E-state index < -0.39 is 57.7 Å². The van der Waals surface area contributed by atoms with Crippen molar-refractivity contribution < 1.29 is 55.3 Å². The fourth-order valence-electron chi connectivity index (χ4n) is 5.72. The zero-order valence-electron chi connectivity index (χ0n) is 27.2. The Morgan fingerprint density at radius 2 is 1.75 bits per heavy atom. The number of alkyl halides is 3. The number of nitrogens with one attached hydrogen (secondary N) is 1. The number of nitrogens with two attached hydrogens (primary N) is 1. The molecule has 5 N–H and O–H groups in total. The number of carbonyl (C=O) groups excluding carboxylic acids is 1. The molecule has 1 aliphatic heterocycles. The molecule has 5 rings (SSSR count). The van der Waals surface area contributed by atoms with Gasteiger partial charge in [-0.05, 0) is 72.3 Å². The summed E-state index contributed by atoms with van der Waals surface area (Å²) in [6.07, 6.45) is -3.39. The van der Waals surface area contributed by atoms with Crippen LogP contribution < -0.4 is 15.8 Å². The Balaban J connectivity index is 0.000000755. The minimum Gasteiger partial charge on any atom is -0.491 e. The van der Waals surface area contributed by atoms with Gasteiger partial charge < -0.3 is 30.9 Å². The van der Waals surface area contributed by atoms with Gasteiger partial charge in [0.1, 0.15) is 11.9 Å². The number of sulfone groups is 1. The minimum atomic E-state index is -5.08. The molecule has 17 heteroatoms. The normalized spacial score (nSPS) is 16.5. The number of anilines is 2. The number of ether oxygens (including phenoxy) is 1. The molecule has 1 aromatic heterocycles. The molecule has 2 heterocycles. The molecule has 3 atom stereocenters. The molecule has 1 aliphatic rings. The van der Waals surface area contributed by atoms with Gasteiger partial charge in [-0.1, -0.05) is 31.2 Å². The standard InChI is InChI=1S/C32H33FN4O6S.C2HF3O2/c1-3-43-26-18-20(9-12-25(26)33)28(36-21-10-11-22-19(17-21)13-15-35-30(22)34)31(38)37-16-14-24(32(39)40)29(37)23-7-5-6-8-27(23)44(41,42)4-2;3-2(4,5)1(6)7/h5-13,15,17-18,24,28-29,36H,3-4,14,16H2,1-2H3,(H2,34,35)(H,39,40);(H,6,7)/t24?,28-,29?;/m0./s1. The number of nitrogen functional groups attached to an aromatic ring is 1. The Bertz CT molecular complexity index is 2040. The van der Waals surface area contributed by atoms with Crippen LogP contribution in [0.3, 0.4) is 0 Å². The first-order chi connectivity index (χ1) is 24.0. The van der Waals surface area contributed by atoms with Crippen molar-refractivity contribution in [1.29, 1.82) is 0 Å². The number of nitrogens with zero attached hydrogens (tertiary/aromatic N) is 2. The fraction of sp³-hybridized carbons (Fsp3) is 0.294. The topological polar surface area (TPSA) is 189 Å². The van der Waals surface area contributed by atoms with E-state index in [1.54, 1.807) is 55.6 Å². The van der Waals surface area contributed by atoms with Gasteiger partial charge in [0.15, 0.2) is 21.4 Å². The zero-order chi connectivity index (χ0) is 37.7. The second-order valence-electron chi connectivity index (χ2n) is 11.3. The highest BCUT2D eigenvalue weighted by Crippen LogP contribution is 2.42. The average molecular weight is 735 g/mol. The van der Waals surface area contributed by atoms with E-state index in [1.165, 1.54) is 36.1 Å². The van der Waals surface area contributed by atoms with Crippen molar-refractivity contribution in [3.05, 3.63) is 89.9 Å². The van der Waals surface area contributed by atoms with Crippen molar-refractivity contribution in [2.45, 2.75) is 43.4 Å². The summed E-state index contributed by atoms with van der Waals surface area (Å²) in [6.45, 7) is 3.49. The monoisotopic (exact) mass is 734 g/mol. The number of benzene rings is 3. The number of halogens is 4. The molecule has 0 radical (unpaired) electrons. The quantitative estimate of drug-likeness (QED) is 0.148. The Labute approximate surface area is 289 Å². The molecule has 1 saturated heterocycles. The van der Waals surface area contributed by atoms with Crippen molar-refractivity contribution >= 4 is 50.0 Å². The molecule has 3 aromatic carbocycles. The van der Waals surface area contributed by atoms with Crippen LogP contribution in [0.25, 0.3) is 10.8 Å². The van der Waals surface area contributed by atoms with Gasteiger partial charge in [0.25, 0.3) is 0 Å². The van der Waals surface area contributed by atoms with Crippen molar-refractivity contribution in [2.24, 2.45) is 5.92 Å². The molecule has 2 unspecified atom stereocenters. The predicted molar refractivity (Wildman–Crippen MR) is 178 cm³/mol. The van der Waals surface area contributed by atoms with E-state index in [0.29, 0.717) is 17.1 Å². The number of rotatable bonds is 10. The number of hydrogen-bond acceptors (Lipinski definition) is 9. The number of carbonyl (C=O) groups is 3. The number of amides is 1. The summed E-state index contributed by atoms with van der Waals surface area (Å²) in [5.74, 6) is -5.93. The number of hydrogen-bond donors (Lipinski definition) is 4. The molecule has 0 aliphatic carbocycles. The van der Waals surface area contributed by atoms with Crippen LogP contribution >= 0.6 is 0 Å². The molecule has 0 spiro atoms. The Kier molecular flexibility index (Phi) is 11.7. The average Bonchev–Trinajstić information content (AvgIpc) is 3.54.